The second kappa shape index (κ2) is 9.56. The zero-order valence-electron chi connectivity index (χ0n) is 16.9. The van der Waals surface area contributed by atoms with Gasteiger partial charge in [-0.3, -0.25) is 9.59 Å². The van der Waals surface area contributed by atoms with Crippen molar-refractivity contribution in [1.82, 2.24) is 5.32 Å². The Bertz CT molecular complexity index is 903. The van der Waals surface area contributed by atoms with Gasteiger partial charge in [-0.15, -0.1) is 0 Å². The second-order valence-electron chi connectivity index (χ2n) is 7.15. The molecule has 6 nitrogen and oxygen atoms in total. The molecule has 3 rings (SSSR count). The Morgan fingerprint density at radius 2 is 1.93 bits per heavy atom. The standard InChI is InChI=1S/C22H24F2N2O4/c1-14-3-6-17(7-4-14)26-13-16(12-20(26)27)21(28)25-10-9-15-5-8-18(30-22(23)24)19(11-15)29-2/h3-8,11,16,22H,9-10,12-13H2,1-2H3,(H,25,28). The van der Waals surface area contributed by atoms with Crippen LogP contribution in [0.5, 0.6) is 11.5 Å². The molecule has 2 aromatic carbocycles. The number of methoxy groups -OCH3 is 1. The predicted octanol–water partition coefficient (Wildman–Crippen LogP) is 3.32. The van der Waals surface area contributed by atoms with E-state index in [4.69, 9.17) is 4.74 Å². The molecule has 0 aromatic heterocycles. The van der Waals surface area contributed by atoms with Crippen molar-refractivity contribution in [3.05, 3.63) is 53.6 Å². The van der Waals surface area contributed by atoms with E-state index in [1.807, 2.05) is 31.2 Å². The summed E-state index contributed by atoms with van der Waals surface area (Å²) in [6.07, 6.45) is 0.659. The highest BCUT2D eigenvalue weighted by Crippen LogP contribution is 2.29. The molecule has 2 amide bonds. The smallest absolute Gasteiger partial charge is 0.387 e. The summed E-state index contributed by atoms with van der Waals surface area (Å²) in [5.74, 6) is -0.494. The van der Waals surface area contributed by atoms with Crippen LogP contribution in [0.15, 0.2) is 42.5 Å². The number of nitrogens with one attached hydrogen (secondary N) is 1. The third-order valence-corrected chi connectivity index (χ3v) is 5.00. The van der Waals surface area contributed by atoms with Crippen molar-refractivity contribution in [2.45, 2.75) is 26.4 Å². The number of rotatable bonds is 8. The first-order chi connectivity index (χ1) is 14.4. The number of benzene rings is 2. The number of ether oxygens (including phenoxy) is 2. The second-order valence-corrected chi connectivity index (χ2v) is 7.15. The number of halogens is 2. The summed E-state index contributed by atoms with van der Waals surface area (Å²) in [7, 11) is 1.37. The summed E-state index contributed by atoms with van der Waals surface area (Å²) in [5.41, 5.74) is 2.70. The minimum atomic E-state index is -2.93. The Hall–Kier alpha value is -3.16. The minimum Gasteiger partial charge on any atom is -0.493 e. The minimum absolute atomic E-state index is 0.0408. The van der Waals surface area contributed by atoms with Gasteiger partial charge in [-0.2, -0.15) is 8.78 Å². The van der Waals surface area contributed by atoms with Gasteiger partial charge in [-0.25, -0.2) is 0 Å². The summed E-state index contributed by atoms with van der Waals surface area (Å²) >= 11 is 0. The average Bonchev–Trinajstić information content (AvgIpc) is 3.11. The Kier molecular flexibility index (Phi) is 6.87. The first kappa shape index (κ1) is 21.5. The molecule has 1 atom stereocenters. The Balaban J connectivity index is 1.52. The van der Waals surface area contributed by atoms with Gasteiger partial charge in [0.15, 0.2) is 11.5 Å². The summed E-state index contributed by atoms with van der Waals surface area (Å²) in [4.78, 5) is 26.4. The van der Waals surface area contributed by atoms with Crippen molar-refractivity contribution >= 4 is 17.5 Å². The first-order valence-corrected chi connectivity index (χ1v) is 9.64. The highest BCUT2D eigenvalue weighted by molar-refractivity contribution is 6.00. The van der Waals surface area contributed by atoms with Crippen molar-refractivity contribution in [3.8, 4) is 11.5 Å². The molecule has 160 valence electrons. The van der Waals surface area contributed by atoms with Crippen LogP contribution in [-0.4, -0.2) is 38.6 Å². The van der Waals surface area contributed by atoms with E-state index in [2.05, 4.69) is 10.1 Å². The largest absolute Gasteiger partial charge is 0.493 e. The third kappa shape index (κ3) is 5.25. The van der Waals surface area contributed by atoms with E-state index in [-0.39, 0.29) is 29.7 Å². The number of anilines is 1. The summed E-state index contributed by atoms with van der Waals surface area (Å²) in [6, 6.07) is 12.3. The predicted molar refractivity (Wildman–Crippen MR) is 108 cm³/mol. The molecule has 0 radical (unpaired) electrons. The van der Waals surface area contributed by atoms with Crippen LogP contribution in [0.1, 0.15) is 17.5 Å². The first-order valence-electron chi connectivity index (χ1n) is 9.64. The van der Waals surface area contributed by atoms with Gasteiger partial charge in [0, 0.05) is 25.2 Å². The lowest BCUT2D eigenvalue weighted by molar-refractivity contribution is -0.126. The van der Waals surface area contributed by atoms with Gasteiger partial charge in [0.2, 0.25) is 11.8 Å². The number of aryl methyl sites for hydroxylation is 1. The van der Waals surface area contributed by atoms with Crippen molar-refractivity contribution < 1.29 is 27.8 Å². The molecule has 8 heteroatoms. The SMILES string of the molecule is COc1cc(CCNC(=O)C2CC(=O)N(c3ccc(C)cc3)C2)ccc1OC(F)F. The molecule has 30 heavy (non-hydrogen) atoms. The van der Waals surface area contributed by atoms with Crippen molar-refractivity contribution in [3.63, 3.8) is 0 Å². The number of hydrogen-bond donors (Lipinski definition) is 1. The van der Waals surface area contributed by atoms with Crippen molar-refractivity contribution in [2.24, 2.45) is 5.92 Å². The fourth-order valence-corrected chi connectivity index (χ4v) is 3.39. The molecular formula is C22H24F2N2O4. The molecule has 1 heterocycles. The van der Waals surface area contributed by atoms with Gasteiger partial charge >= 0.3 is 6.61 Å². The molecule has 0 bridgehead atoms. The molecule has 0 saturated carbocycles. The number of amides is 2. The Morgan fingerprint density at radius 3 is 2.60 bits per heavy atom. The van der Waals surface area contributed by atoms with Crippen molar-refractivity contribution in [1.29, 1.82) is 0 Å². The summed E-state index contributed by atoms with van der Waals surface area (Å²) in [5, 5.41) is 2.85. The van der Waals surface area contributed by atoms with Crippen LogP contribution in [0.4, 0.5) is 14.5 Å². The molecule has 2 aromatic rings. The van der Waals surface area contributed by atoms with Crippen LogP contribution in [0.2, 0.25) is 0 Å². The molecule has 1 saturated heterocycles. The van der Waals surface area contributed by atoms with Gasteiger partial charge in [0.1, 0.15) is 0 Å². The van der Waals surface area contributed by atoms with E-state index in [0.29, 0.717) is 19.5 Å². The van der Waals surface area contributed by atoms with Gasteiger partial charge in [0.25, 0.3) is 0 Å². The fourth-order valence-electron chi connectivity index (χ4n) is 3.39. The number of hydrogen-bond acceptors (Lipinski definition) is 4. The molecule has 0 aliphatic carbocycles. The lowest BCUT2D eigenvalue weighted by Gasteiger charge is -2.17. The maximum absolute atomic E-state index is 12.5. The van der Waals surface area contributed by atoms with Crippen LogP contribution in [0.25, 0.3) is 0 Å². The van der Waals surface area contributed by atoms with Gasteiger partial charge in [0.05, 0.1) is 13.0 Å². The van der Waals surface area contributed by atoms with Gasteiger partial charge < -0.3 is 19.7 Å². The van der Waals surface area contributed by atoms with Gasteiger partial charge in [-0.05, 0) is 43.2 Å². The highest BCUT2D eigenvalue weighted by atomic mass is 19.3. The third-order valence-electron chi connectivity index (χ3n) is 5.00. The molecule has 1 aliphatic rings. The number of nitrogens with zero attached hydrogens (tertiary/aromatic N) is 1. The van der Waals surface area contributed by atoms with E-state index in [1.54, 1.807) is 17.0 Å². The number of alkyl halides is 2. The normalized spacial score (nSPS) is 16.1. The van der Waals surface area contributed by atoms with Crippen LogP contribution >= 0.6 is 0 Å². The maximum atomic E-state index is 12.5. The average molecular weight is 418 g/mol. The topological polar surface area (TPSA) is 67.9 Å². The quantitative estimate of drug-likeness (QED) is 0.714. The van der Waals surface area contributed by atoms with Crippen LogP contribution in [-0.2, 0) is 16.0 Å². The summed E-state index contributed by atoms with van der Waals surface area (Å²) < 4.78 is 34.3. The molecule has 1 N–H and O–H groups in total. The van der Waals surface area contributed by atoms with E-state index in [0.717, 1.165) is 16.8 Å². The maximum Gasteiger partial charge on any atom is 0.387 e. The highest BCUT2D eigenvalue weighted by Gasteiger charge is 2.34. The molecule has 1 aliphatic heterocycles. The number of carbonyl (C=O) groups is 2. The monoisotopic (exact) mass is 418 g/mol. The van der Waals surface area contributed by atoms with E-state index >= 15 is 0 Å². The molecular weight excluding hydrogens is 394 g/mol. The van der Waals surface area contributed by atoms with E-state index < -0.39 is 12.5 Å². The number of carbonyl (C=O) groups excluding carboxylic acids is 2. The Labute approximate surface area is 173 Å². The van der Waals surface area contributed by atoms with Crippen molar-refractivity contribution in [2.75, 3.05) is 25.1 Å². The van der Waals surface area contributed by atoms with Gasteiger partial charge in [-0.1, -0.05) is 23.8 Å². The van der Waals surface area contributed by atoms with E-state index in [9.17, 15) is 18.4 Å². The Morgan fingerprint density at radius 1 is 1.20 bits per heavy atom. The lowest BCUT2D eigenvalue weighted by Crippen LogP contribution is -2.34. The lowest BCUT2D eigenvalue weighted by atomic mass is 10.1. The summed E-state index contributed by atoms with van der Waals surface area (Å²) in [6.45, 7) is -0.258. The zero-order valence-corrected chi connectivity index (χ0v) is 16.9. The zero-order chi connectivity index (χ0) is 21.7. The van der Waals surface area contributed by atoms with E-state index in [1.165, 1.54) is 13.2 Å². The molecule has 1 unspecified atom stereocenters. The molecule has 1 fully saturated rings. The van der Waals surface area contributed by atoms with Crippen LogP contribution < -0.4 is 19.7 Å². The van der Waals surface area contributed by atoms with Crippen LogP contribution in [0.3, 0.4) is 0 Å². The fraction of sp³-hybridized carbons (Fsp3) is 0.364. The van der Waals surface area contributed by atoms with Crippen LogP contribution in [0, 0.1) is 12.8 Å². The molecule has 0 spiro atoms.